The van der Waals surface area contributed by atoms with Crippen LogP contribution in [0, 0.1) is 5.92 Å². The quantitative estimate of drug-likeness (QED) is 0.942. The molecule has 0 saturated carbocycles. The van der Waals surface area contributed by atoms with Crippen molar-refractivity contribution in [1.82, 2.24) is 19.9 Å². The molecule has 2 rings (SSSR count). The molecule has 0 aliphatic heterocycles. The lowest BCUT2D eigenvalue weighted by Gasteiger charge is -2.19. The second-order valence-electron chi connectivity index (χ2n) is 6.73. The molecule has 1 N–H and O–H groups in total. The third-order valence-corrected chi connectivity index (χ3v) is 2.92. The van der Waals surface area contributed by atoms with Gasteiger partial charge in [0.15, 0.2) is 5.65 Å². The molecule has 6 nitrogen and oxygen atoms in total. The number of amides is 1. The molecule has 0 radical (unpaired) electrons. The van der Waals surface area contributed by atoms with Gasteiger partial charge in [-0.3, -0.25) is 0 Å². The molecule has 1 amide bonds. The van der Waals surface area contributed by atoms with Gasteiger partial charge in [0.2, 0.25) is 0 Å². The number of carbonyl (C=O) groups excluding carboxylic acids is 1. The SMILES string of the molecule is CC(C)Cn1c(CNC(=O)OC(C)(C)C)nc2cccnc21. The molecule has 0 fully saturated rings. The predicted octanol–water partition coefficient (Wildman–Crippen LogP) is 3.11. The molecule has 2 heterocycles. The highest BCUT2D eigenvalue weighted by molar-refractivity contribution is 5.71. The van der Waals surface area contributed by atoms with Crippen LogP contribution in [0.25, 0.3) is 11.2 Å². The molecule has 120 valence electrons. The summed E-state index contributed by atoms with van der Waals surface area (Å²) in [5.74, 6) is 1.24. The van der Waals surface area contributed by atoms with Gasteiger partial charge in [0.05, 0.1) is 6.54 Å². The minimum Gasteiger partial charge on any atom is -0.444 e. The number of ether oxygens (including phenoxy) is 1. The Kier molecular flexibility index (Phi) is 4.68. The number of hydrogen-bond donors (Lipinski definition) is 1. The van der Waals surface area contributed by atoms with Gasteiger partial charge in [0.1, 0.15) is 16.9 Å². The van der Waals surface area contributed by atoms with Crippen LogP contribution in [0.4, 0.5) is 4.79 Å². The lowest BCUT2D eigenvalue weighted by atomic mass is 10.2. The van der Waals surface area contributed by atoms with Gasteiger partial charge in [-0.05, 0) is 38.8 Å². The lowest BCUT2D eigenvalue weighted by Crippen LogP contribution is -2.32. The Hall–Kier alpha value is -2.11. The van der Waals surface area contributed by atoms with E-state index in [4.69, 9.17) is 4.74 Å². The van der Waals surface area contributed by atoms with E-state index in [-0.39, 0.29) is 0 Å². The average molecular weight is 304 g/mol. The number of carbonyl (C=O) groups is 1. The van der Waals surface area contributed by atoms with Gasteiger partial charge in [0.25, 0.3) is 0 Å². The van der Waals surface area contributed by atoms with E-state index < -0.39 is 11.7 Å². The molecular formula is C16H24N4O2. The number of hydrogen-bond acceptors (Lipinski definition) is 4. The van der Waals surface area contributed by atoms with Crippen LogP contribution in [0.1, 0.15) is 40.4 Å². The third-order valence-electron chi connectivity index (χ3n) is 2.92. The second-order valence-corrected chi connectivity index (χ2v) is 6.73. The molecular weight excluding hydrogens is 280 g/mol. The number of rotatable bonds is 4. The first-order chi connectivity index (χ1) is 10.3. The Morgan fingerprint density at radius 2 is 2.14 bits per heavy atom. The number of pyridine rings is 1. The van der Waals surface area contributed by atoms with Crippen LogP contribution in [0.2, 0.25) is 0 Å². The molecule has 2 aromatic heterocycles. The Morgan fingerprint density at radius 1 is 1.41 bits per heavy atom. The molecule has 0 spiro atoms. The molecule has 0 bridgehead atoms. The van der Waals surface area contributed by atoms with E-state index in [1.54, 1.807) is 6.20 Å². The number of alkyl carbamates (subject to hydrolysis) is 1. The van der Waals surface area contributed by atoms with E-state index in [0.29, 0.717) is 12.5 Å². The molecule has 0 aliphatic carbocycles. The van der Waals surface area contributed by atoms with Crippen molar-refractivity contribution in [2.75, 3.05) is 0 Å². The lowest BCUT2D eigenvalue weighted by molar-refractivity contribution is 0.0521. The molecule has 22 heavy (non-hydrogen) atoms. The zero-order valence-electron chi connectivity index (χ0n) is 13.9. The first kappa shape index (κ1) is 16.3. The number of aromatic nitrogens is 3. The van der Waals surface area contributed by atoms with Gasteiger partial charge < -0.3 is 14.6 Å². The van der Waals surface area contributed by atoms with Crippen LogP contribution in [-0.4, -0.2) is 26.2 Å². The van der Waals surface area contributed by atoms with E-state index in [9.17, 15) is 4.79 Å². The average Bonchev–Trinajstić information content (AvgIpc) is 2.72. The largest absolute Gasteiger partial charge is 0.444 e. The Morgan fingerprint density at radius 3 is 2.77 bits per heavy atom. The summed E-state index contributed by atoms with van der Waals surface area (Å²) in [4.78, 5) is 20.8. The van der Waals surface area contributed by atoms with Crippen molar-refractivity contribution in [2.24, 2.45) is 5.92 Å². The van der Waals surface area contributed by atoms with Crippen LogP contribution in [0.3, 0.4) is 0 Å². The van der Waals surface area contributed by atoms with Crippen molar-refractivity contribution in [3.8, 4) is 0 Å². The van der Waals surface area contributed by atoms with Gasteiger partial charge in [-0.1, -0.05) is 13.8 Å². The normalized spacial score (nSPS) is 11.9. The minimum atomic E-state index is -0.510. The van der Waals surface area contributed by atoms with Crippen molar-refractivity contribution >= 4 is 17.3 Å². The summed E-state index contributed by atoms with van der Waals surface area (Å²) in [6, 6.07) is 3.79. The maximum Gasteiger partial charge on any atom is 0.408 e. The highest BCUT2D eigenvalue weighted by Crippen LogP contribution is 2.16. The highest BCUT2D eigenvalue weighted by Gasteiger charge is 2.18. The zero-order valence-corrected chi connectivity index (χ0v) is 13.9. The summed E-state index contributed by atoms with van der Waals surface area (Å²) in [6.07, 6.45) is 1.31. The Bertz CT molecular complexity index is 656. The molecule has 0 unspecified atom stereocenters. The fraction of sp³-hybridized carbons (Fsp3) is 0.562. The van der Waals surface area contributed by atoms with Crippen molar-refractivity contribution in [2.45, 2.75) is 53.3 Å². The fourth-order valence-corrected chi connectivity index (χ4v) is 2.16. The summed E-state index contributed by atoms with van der Waals surface area (Å²) >= 11 is 0. The second kappa shape index (κ2) is 6.34. The molecule has 0 aromatic carbocycles. The van der Waals surface area contributed by atoms with Crippen LogP contribution in [-0.2, 0) is 17.8 Å². The number of nitrogens with one attached hydrogen (secondary N) is 1. The summed E-state index contributed by atoms with van der Waals surface area (Å²) in [7, 11) is 0. The first-order valence-corrected chi connectivity index (χ1v) is 7.53. The standard InChI is InChI=1S/C16H24N4O2/c1-11(2)10-20-13(9-18-15(21)22-16(3,4)5)19-12-7-6-8-17-14(12)20/h6-8,11H,9-10H2,1-5H3,(H,18,21). The first-order valence-electron chi connectivity index (χ1n) is 7.53. The van der Waals surface area contributed by atoms with Gasteiger partial charge in [-0.25, -0.2) is 14.8 Å². The third kappa shape index (κ3) is 4.19. The number of fused-ring (bicyclic) bond motifs is 1. The summed E-state index contributed by atoms with van der Waals surface area (Å²) < 4.78 is 7.30. The molecule has 6 heteroatoms. The molecule has 2 aromatic rings. The summed E-state index contributed by atoms with van der Waals surface area (Å²) in [6.45, 7) is 10.9. The van der Waals surface area contributed by atoms with Gasteiger partial charge in [-0.2, -0.15) is 0 Å². The summed E-state index contributed by atoms with van der Waals surface area (Å²) in [5.41, 5.74) is 1.17. The number of nitrogens with zero attached hydrogens (tertiary/aromatic N) is 3. The molecule has 0 atom stereocenters. The fourth-order valence-electron chi connectivity index (χ4n) is 2.16. The van der Waals surface area contributed by atoms with Crippen molar-refractivity contribution in [1.29, 1.82) is 0 Å². The number of imidazole rings is 1. The topological polar surface area (TPSA) is 69.0 Å². The van der Waals surface area contributed by atoms with Crippen molar-refractivity contribution in [3.05, 3.63) is 24.2 Å². The van der Waals surface area contributed by atoms with Gasteiger partial charge >= 0.3 is 6.09 Å². The van der Waals surface area contributed by atoms with E-state index in [1.165, 1.54) is 0 Å². The van der Waals surface area contributed by atoms with E-state index in [2.05, 4.69) is 33.7 Å². The van der Waals surface area contributed by atoms with E-state index in [0.717, 1.165) is 23.5 Å². The van der Waals surface area contributed by atoms with E-state index >= 15 is 0 Å². The molecule has 0 aliphatic rings. The Labute approximate surface area is 130 Å². The molecule has 0 saturated heterocycles. The highest BCUT2D eigenvalue weighted by atomic mass is 16.6. The zero-order chi connectivity index (χ0) is 16.3. The minimum absolute atomic E-state index is 0.317. The van der Waals surface area contributed by atoms with Gasteiger partial charge in [-0.15, -0.1) is 0 Å². The monoisotopic (exact) mass is 304 g/mol. The smallest absolute Gasteiger partial charge is 0.408 e. The summed E-state index contributed by atoms with van der Waals surface area (Å²) in [5, 5.41) is 2.76. The maximum atomic E-state index is 11.8. The maximum absolute atomic E-state index is 11.8. The van der Waals surface area contributed by atoms with Crippen LogP contribution in [0.5, 0.6) is 0 Å². The van der Waals surface area contributed by atoms with Crippen molar-refractivity contribution < 1.29 is 9.53 Å². The van der Waals surface area contributed by atoms with Crippen LogP contribution >= 0.6 is 0 Å². The van der Waals surface area contributed by atoms with E-state index in [1.807, 2.05) is 32.9 Å². The van der Waals surface area contributed by atoms with Crippen LogP contribution < -0.4 is 5.32 Å². The van der Waals surface area contributed by atoms with Gasteiger partial charge in [0, 0.05) is 12.7 Å². The predicted molar refractivity (Wildman–Crippen MR) is 85.4 cm³/mol. The Balaban J connectivity index is 2.18. The van der Waals surface area contributed by atoms with Crippen molar-refractivity contribution in [3.63, 3.8) is 0 Å². The van der Waals surface area contributed by atoms with Crippen LogP contribution in [0.15, 0.2) is 18.3 Å².